The highest BCUT2D eigenvalue weighted by atomic mass is 35.5. The Morgan fingerprint density at radius 3 is 2.89 bits per heavy atom. The van der Waals surface area contributed by atoms with E-state index in [2.05, 4.69) is 12.2 Å². The van der Waals surface area contributed by atoms with Crippen LogP contribution in [0.5, 0.6) is 17.2 Å². The van der Waals surface area contributed by atoms with Gasteiger partial charge in [0.25, 0.3) is 0 Å². The molecule has 0 radical (unpaired) electrons. The van der Waals surface area contributed by atoms with Gasteiger partial charge in [-0.1, -0.05) is 13.0 Å². The maximum atomic E-state index is 5.68. The van der Waals surface area contributed by atoms with Gasteiger partial charge in [-0.3, -0.25) is 0 Å². The SMILES string of the molecule is CCCNCCOc1cccc2c1OCCO2.Cl. The Morgan fingerprint density at radius 2 is 2.06 bits per heavy atom. The van der Waals surface area contributed by atoms with E-state index in [0.717, 1.165) is 36.8 Å². The summed E-state index contributed by atoms with van der Waals surface area (Å²) in [6, 6.07) is 5.73. The summed E-state index contributed by atoms with van der Waals surface area (Å²) >= 11 is 0. The molecule has 0 saturated carbocycles. The zero-order valence-corrected chi connectivity index (χ0v) is 11.4. The highest BCUT2D eigenvalue weighted by Gasteiger charge is 2.16. The number of nitrogens with one attached hydrogen (secondary N) is 1. The number of para-hydroxylation sites is 1. The number of hydrogen-bond acceptors (Lipinski definition) is 4. The Bertz CT molecular complexity index is 360. The highest BCUT2D eigenvalue weighted by Crippen LogP contribution is 2.38. The lowest BCUT2D eigenvalue weighted by atomic mass is 10.3. The number of rotatable bonds is 6. The van der Waals surface area contributed by atoms with Gasteiger partial charge in [0.05, 0.1) is 0 Å². The monoisotopic (exact) mass is 273 g/mol. The van der Waals surface area contributed by atoms with Gasteiger partial charge >= 0.3 is 0 Å². The minimum Gasteiger partial charge on any atom is -0.488 e. The van der Waals surface area contributed by atoms with Crippen LogP contribution in [0.15, 0.2) is 18.2 Å². The van der Waals surface area contributed by atoms with Crippen LogP contribution in [0.4, 0.5) is 0 Å². The summed E-state index contributed by atoms with van der Waals surface area (Å²) in [6.07, 6.45) is 1.14. The number of benzene rings is 1. The Hall–Kier alpha value is -1.13. The average Bonchev–Trinajstić information content (AvgIpc) is 2.39. The molecule has 1 aliphatic heterocycles. The zero-order chi connectivity index (χ0) is 11.9. The van der Waals surface area contributed by atoms with Crippen molar-refractivity contribution in [1.29, 1.82) is 0 Å². The summed E-state index contributed by atoms with van der Waals surface area (Å²) in [6.45, 7) is 5.84. The van der Waals surface area contributed by atoms with Crippen LogP contribution in [0.1, 0.15) is 13.3 Å². The Morgan fingerprint density at radius 1 is 1.22 bits per heavy atom. The minimum atomic E-state index is 0. The quantitative estimate of drug-likeness (QED) is 0.807. The molecule has 18 heavy (non-hydrogen) atoms. The molecular weight excluding hydrogens is 254 g/mol. The zero-order valence-electron chi connectivity index (χ0n) is 10.6. The molecule has 0 spiro atoms. The van der Waals surface area contributed by atoms with E-state index in [0.29, 0.717) is 19.8 Å². The number of ether oxygens (including phenoxy) is 3. The molecule has 1 heterocycles. The second-order valence-electron chi connectivity index (χ2n) is 3.88. The van der Waals surface area contributed by atoms with Crippen molar-refractivity contribution in [2.24, 2.45) is 0 Å². The third-order valence-electron chi connectivity index (χ3n) is 2.49. The lowest BCUT2D eigenvalue weighted by molar-refractivity contribution is 0.162. The van der Waals surface area contributed by atoms with Gasteiger partial charge in [0.15, 0.2) is 11.5 Å². The van der Waals surface area contributed by atoms with E-state index in [1.54, 1.807) is 0 Å². The van der Waals surface area contributed by atoms with Gasteiger partial charge in [-0.15, -0.1) is 12.4 Å². The molecular formula is C13H20ClNO3. The van der Waals surface area contributed by atoms with Crippen LogP contribution in [-0.4, -0.2) is 32.9 Å². The van der Waals surface area contributed by atoms with Crippen molar-refractivity contribution in [2.45, 2.75) is 13.3 Å². The smallest absolute Gasteiger partial charge is 0.203 e. The largest absolute Gasteiger partial charge is 0.488 e. The summed E-state index contributed by atoms with van der Waals surface area (Å²) in [4.78, 5) is 0. The molecule has 1 aliphatic rings. The fourth-order valence-corrected chi connectivity index (χ4v) is 1.70. The van der Waals surface area contributed by atoms with Crippen molar-refractivity contribution in [2.75, 3.05) is 32.9 Å². The van der Waals surface area contributed by atoms with Crippen LogP contribution >= 0.6 is 12.4 Å². The standard InChI is InChI=1S/C13H19NO3.ClH/c1-2-6-14-7-8-15-11-4-3-5-12-13(11)17-10-9-16-12;/h3-5,14H,2,6-10H2,1H3;1H. The van der Waals surface area contributed by atoms with Crippen LogP contribution in [0.25, 0.3) is 0 Å². The van der Waals surface area contributed by atoms with Crippen molar-refractivity contribution in [3.05, 3.63) is 18.2 Å². The maximum Gasteiger partial charge on any atom is 0.203 e. The molecule has 2 rings (SSSR count). The second-order valence-corrected chi connectivity index (χ2v) is 3.88. The molecule has 5 heteroatoms. The first-order chi connectivity index (χ1) is 8.42. The van der Waals surface area contributed by atoms with Gasteiger partial charge in [0.1, 0.15) is 19.8 Å². The van der Waals surface area contributed by atoms with Crippen molar-refractivity contribution < 1.29 is 14.2 Å². The molecule has 1 aromatic carbocycles. The van der Waals surface area contributed by atoms with Crippen molar-refractivity contribution in [1.82, 2.24) is 5.32 Å². The van der Waals surface area contributed by atoms with Crippen LogP contribution < -0.4 is 19.5 Å². The third kappa shape index (κ3) is 3.96. The first kappa shape index (κ1) is 14.9. The van der Waals surface area contributed by atoms with E-state index in [-0.39, 0.29) is 12.4 Å². The van der Waals surface area contributed by atoms with E-state index in [1.807, 2.05) is 18.2 Å². The van der Waals surface area contributed by atoms with Gasteiger partial charge < -0.3 is 19.5 Å². The first-order valence-corrected chi connectivity index (χ1v) is 6.14. The average molecular weight is 274 g/mol. The second kappa shape index (κ2) is 8.06. The molecule has 0 bridgehead atoms. The molecule has 0 aromatic heterocycles. The van der Waals surface area contributed by atoms with Gasteiger partial charge in [-0.05, 0) is 25.1 Å². The topological polar surface area (TPSA) is 39.7 Å². The molecule has 0 unspecified atom stereocenters. The minimum absolute atomic E-state index is 0. The Balaban J connectivity index is 0.00000162. The van der Waals surface area contributed by atoms with Crippen molar-refractivity contribution in [3.8, 4) is 17.2 Å². The van der Waals surface area contributed by atoms with Crippen LogP contribution in [0.3, 0.4) is 0 Å². The molecule has 0 atom stereocenters. The van der Waals surface area contributed by atoms with E-state index >= 15 is 0 Å². The van der Waals surface area contributed by atoms with Gasteiger partial charge in [-0.25, -0.2) is 0 Å². The Labute approximate surface area is 114 Å². The fourth-order valence-electron chi connectivity index (χ4n) is 1.70. The lowest BCUT2D eigenvalue weighted by Crippen LogP contribution is -2.22. The summed E-state index contributed by atoms with van der Waals surface area (Å²) in [5.41, 5.74) is 0. The number of halogens is 1. The van der Waals surface area contributed by atoms with E-state index in [1.165, 1.54) is 0 Å². The highest BCUT2D eigenvalue weighted by molar-refractivity contribution is 5.85. The number of hydrogen-bond donors (Lipinski definition) is 1. The first-order valence-electron chi connectivity index (χ1n) is 6.14. The number of fused-ring (bicyclic) bond motifs is 1. The maximum absolute atomic E-state index is 5.68. The Kier molecular flexibility index (Phi) is 6.68. The summed E-state index contributed by atoms with van der Waals surface area (Å²) in [5.74, 6) is 2.27. The third-order valence-corrected chi connectivity index (χ3v) is 2.49. The molecule has 1 aromatic rings. The van der Waals surface area contributed by atoms with E-state index < -0.39 is 0 Å². The molecule has 102 valence electrons. The summed E-state index contributed by atoms with van der Waals surface area (Å²) in [7, 11) is 0. The lowest BCUT2D eigenvalue weighted by Gasteiger charge is -2.20. The molecule has 0 amide bonds. The normalized spacial score (nSPS) is 12.7. The van der Waals surface area contributed by atoms with Crippen molar-refractivity contribution >= 4 is 12.4 Å². The van der Waals surface area contributed by atoms with Crippen LogP contribution in [0, 0.1) is 0 Å². The molecule has 1 N–H and O–H groups in total. The van der Waals surface area contributed by atoms with E-state index in [9.17, 15) is 0 Å². The van der Waals surface area contributed by atoms with Gasteiger partial charge in [0.2, 0.25) is 5.75 Å². The van der Waals surface area contributed by atoms with E-state index in [4.69, 9.17) is 14.2 Å². The van der Waals surface area contributed by atoms with Gasteiger partial charge in [0, 0.05) is 6.54 Å². The van der Waals surface area contributed by atoms with Crippen LogP contribution in [-0.2, 0) is 0 Å². The molecule has 4 nitrogen and oxygen atoms in total. The molecule has 0 saturated heterocycles. The summed E-state index contributed by atoms with van der Waals surface area (Å²) < 4.78 is 16.7. The predicted molar refractivity (Wildman–Crippen MR) is 73.3 cm³/mol. The van der Waals surface area contributed by atoms with Crippen LogP contribution in [0.2, 0.25) is 0 Å². The van der Waals surface area contributed by atoms with Gasteiger partial charge in [-0.2, -0.15) is 0 Å². The molecule has 0 fully saturated rings. The predicted octanol–water partition coefficient (Wildman–Crippen LogP) is 2.26. The molecule has 0 aliphatic carbocycles. The van der Waals surface area contributed by atoms with Crippen molar-refractivity contribution in [3.63, 3.8) is 0 Å². The fraction of sp³-hybridized carbons (Fsp3) is 0.538. The summed E-state index contributed by atoms with van der Waals surface area (Å²) in [5, 5.41) is 3.29.